The molecule has 3 nitrogen and oxygen atoms in total. The number of nitrogens with zero attached hydrogens (tertiary/aromatic N) is 1. The highest BCUT2D eigenvalue weighted by Crippen LogP contribution is 2.27. The number of piperidine rings is 1. The van der Waals surface area contributed by atoms with Crippen LogP contribution in [0.1, 0.15) is 19.8 Å². The summed E-state index contributed by atoms with van der Waals surface area (Å²) in [6, 6.07) is 5.20. The van der Waals surface area contributed by atoms with Crippen molar-refractivity contribution in [3.63, 3.8) is 0 Å². The van der Waals surface area contributed by atoms with Gasteiger partial charge < -0.3 is 9.84 Å². The molecule has 1 aliphatic heterocycles. The summed E-state index contributed by atoms with van der Waals surface area (Å²) in [6.07, 6.45) is 1.89. The molecule has 0 saturated carbocycles. The Labute approximate surface area is 124 Å². The molecule has 0 spiro atoms. The topological polar surface area (TPSA) is 32.7 Å². The Hall–Kier alpha value is -0.480. The molecule has 0 aliphatic carbocycles. The maximum Gasteiger partial charge on any atom is 0.138 e. The van der Waals surface area contributed by atoms with Gasteiger partial charge in [-0.1, -0.05) is 23.2 Å². The van der Waals surface area contributed by atoms with E-state index in [4.69, 9.17) is 27.9 Å². The van der Waals surface area contributed by atoms with Crippen LogP contribution in [-0.4, -0.2) is 41.8 Å². The van der Waals surface area contributed by atoms with E-state index in [-0.39, 0.29) is 0 Å². The Morgan fingerprint density at radius 2 is 2.21 bits per heavy atom. The van der Waals surface area contributed by atoms with Gasteiger partial charge in [0.25, 0.3) is 0 Å². The minimum Gasteiger partial charge on any atom is -0.491 e. The van der Waals surface area contributed by atoms with E-state index in [1.165, 1.54) is 0 Å². The van der Waals surface area contributed by atoms with Crippen molar-refractivity contribution in [1.29, 1.82) is 0 Å². The Morgan fingerprint density at radius 1 is 1.42 bits per heavy atom. The largest absolute Gasteiger partial charge is 0.491 e. The summed E-state index contributed by atoms with van der Waals surface area (Å²) in [4.78, 5) is 2.22. The lowest BCUT2D eigenvalue weighted by Crippen LogP contribution is -2.47. The van der Waals surface area contributed by atoms with Crippen molar-refractivity contribution in [3.8, 4) is 5.75 Å². The highest BCUT2D eigenvalue weighted by Gasteiger charge is 2.27. The number of benzene rings is 1. The van der Waals surface area contributed by atoms with Crippen molar-refractivity contribution in [1.82, 2.24) is 4.90 Å². The number of likely N-dealkylation sites (tertiary alicyclic amines) is 1. The van der Waals surface area contributed by atoms with Crippen LogP contribution in [0.5, 0.6) is 5.75 Å². The van der Waals surface area contributed by atoms with E-state index in [2.05, 4.69) is 4.90 Å². The standard InChI is InChI=1S/C14H19Cl2NO2/c1-14(18)5-2-6-17(10-14)7-8-19-13-4-3-11(15)9-12(13)16/h3-4,9,18H,2,5-8,10H2,1H3. The van der Waals surface area contributed by atoms with Crippen molar-refractivity contribution in [3.05, 3.63) is 28.2 Å². The van der Waals surface area contributed by atoms with Crippen LogP contribution in [0.25, 0.3) is 0 Å². The van der Waals surface area contributed by atoms with Crippen LogP contribution >= 0.6 is 23.2 Å². The molecule has 1 saturated heterocycles. The van der Waals surface area contributed by atoms with Gasteiger partial charge in [0.05, 0.1) is 10.6 Å². The lowest BCUT2D eigenvalue weighted by Gasteiger charge is -2.36. The molecule has 1 N–H and O–H groups in total. The zero-order chi connectivity index (χ0) is 13.9. The van der Waals surface area contributed by atoms with Gasteiger partial charge in [0.1, 0.15) is 12.4 Å². The molecule has 0 radical (unpaired) electrons. The average molecular weight is 304 g/mol. The Morgan fingerprint density at radius 3 is 2.89 bits per heavy atom. The van der Waals surface area contributed by atoms with E-state index in [1.54, 1.807) is 18.2 Å². The van der Waals surface area contributed by atoms with Crippen LogP contribution in [0, 0.1) is 0 Å². The first-order valence-electron chi connectivity index (χ1n) is 6.49. The van der Waals surface area contributed by atoms with Crippen LogP contribution in [0.2, 0.25) is 10.0 Å². The number of rotatable bonds is 4. The number of β-amino-alcohol motifs (C(OH)–C–C–N with tert-alkyl or cyclic N) is 1. The molecular formula is C14H19Cl2NO2. The van der Waals surface area contributed by atoms with Crippen LogP contribution in [0.4, 0.5) is 0 Å². The number of ether oxygens (including phenoxy) is 1. The van der Waals surface area contributed by atoms with E-state index < -0.39 is 5.60 Å². The first-order chi connectivity index (χ1) is 8.96. The number of halogens is 2. The molecule has 106 valence electrons. The van der Waals surface area contributed by atoms with E-state index in [0.29, 0.717) is 28.9 Å². The fraction of sp³-hybridized carbons (Fsp3) is 0.571. The third-order valence-corrected chi connectivity index (χ3v) is 3.84. The van der Waals surface area contributed by atoms with Gasteiger partial charge in [-0.25, -0.2) is 0 Å². The second-order valence-electron chi connectivity index (χ2n) is 5.30. The lowest BCUT2D eigenvalue weighted by atomic mass is 9.95. The fourth-order valence-electron chi connectivity index (χ4n) is 2.39. The molecule has 1 atom stereocenters. The SMILES string of the molecule is CC1(O)CCCN(CCOc2ccc(Cl)cc2Cl)C1. The predicted molar refractivity (Wildman–Crippen MR) is 78.3 cm³/mol. The lowest BCUT2D eigenvalue weighted by molar-refractivity contribution is -0.0183. The Bertz CT molecular complexity index is 437. The molecule has 19 heavy (non-hydrogen) atoms. The number of hydrogen-bond acceptors (Lipinski definition) is 3. The smallest absolute Gasteiger partial charge is 0.138 e. The van der Waals surface area contributed by atoms with Gasteiger partial charge in [-0.2, -0.15) is 0 Å². The molecule has 2 rings (SSSR count). The molecule has 1 unspecified atom stereocenters. The van der Waals surface area contributed by atoms with E-state index in [1.807, 2.05) is 6.92 Å². The van der Waals surface area contributed by atoms with E-state index >= 15 is 0 Å². The molecule has 0 bridgehead atoms. The van der Waals surface area contributed by atoms with Crippen LogP contribution in [-0.2, 0) is 0 Å². The minimum atomic E-state index is -0.573. The van der Waals surface area contributed by atoms with Gasteiger partial charge >= 0.3 is 0 Å². The molecule has 1 fully saturated rings. The Kier molecular flexibility index (Phi) is 4.96. The predicted octanol–water partition coefficient (Wildman–Crippen LogP) is 3.22. The van der Waals surface area contributed by atoms with Gasteiger partial charge in [-0.15, -0.1) is 0 Å². The summed E-state index contributed by atoms with van der Waals surface area (Å²) >= 11 is 11.9. The summed E-state index contributed by atoms with van der Waals surface area (Å²) in [5.41, 5.74) is -0.573. The first kappa shape index (κ1) is 14.9. The maximum absolute atomic E-state index is 10.0. The van der Waals surface area contributed by atoms with Gasteiger partial charge in [-0.05, 0) is 44.5 Å². The first-order valence-corrected chi connectivity index (χ1v) is 7.24. The van der Waals surface area contributed by atoms with Crippen molar-refractivity contribution in [2.45, 2.75) is 25.4 Å². The molecular weight excluding hydrogens is 285 g/mol. The van der Waals surface area contributed by atoms with Crippen molar-refractivity contribution in [2.24, 2.45) is 0 Å². The van der Waals surface area contributed by atoms with Crippen molar-refractivity contribution >= 4 is 23.2 Å². The summed E-state index contributed by atoms with van der Waals surface area (Å²) in [5, 5.41) is 11.1. The van der Waals surface area contributed by atoms with Crippen molar-refractivity contribution in [2.75, 3.05) is 26.2 Å². The third kappa shape index (κ3) is 4.53. The molecule has 0 aromatic heterocycles. The summed E-state index contributed by atoms with van der Waals surface area (Å²) < 4.78 is 5.65. The maximum atomic E-state index is 10.0. The van der Waals surface area contributed by atoms with Gasteiger partial charge in [0.15, 0.2) is 0 Å². The number of hydrogen-bond donors (Lipinski definition) is 1. The summed E-state index contributed by atoms with van der Waals surface area (Å²) in [7, 11) is 0. The van der Waals surface area contributed by atoms with E-state index in [9.17, 15) is 5.11 Å². The van der Waals surface area contributed by atoms with Crippen LogP contribution in [0.15, 0.2) is 18.2 Å². The van der Waals surface area contributed by atoms with Crippen molar-refractivity contribution < 1.29 is 9.84 Å². The zero-order valence-electron chi connectivity index (χ0n) is 11.0. The Balaban J connectivity index is 1.80. The summed E-state index contributed by atoms with van der Waals surface area (Å²) in [5.74, 6) is 0.648. The second kappa shape index (κ2) is 6.31. The molecule has 5 heteroatoms. The molecule has 0 amide bonds. The van der Waals surface area contributed by atoms with Gasteiger partial charge in [0.2, 0.25) is 0 Å². The zero-order valence-corrected chi connectivity index (χ0v) is 12.5. The van der Waals surface area contributed by atoms with Gasteiger partial charge in [0, 0.05) is 18.1 Å². The molecule has 1 aromatic rings. The molecule has 1 aliphatic rings. The van der Waals surface area contributed by atoms with Crippen LogP contribution in [0.3, 0.4) is 0 Å². The summed E-state index contributed by atoms with van der Waals surface area (Å²) in [6.45, 7) is 4.93. The molecule has 1 heterocycles. The minimum absolute atomic E-state index is 0.526. The quantitative estimate of drug-likeness (QED) is 0.927. The third-order valence-electron chi connectivity index (χ3n) is 3.31. The second-order valence-corrected chi connectivity index (χ2v) is 6.14. The number of aliphatic hydroxyl groups is 1. The fourth-order valence-corrected chi connectivity index (χ4v) is 2.85. The average Bonchev–Trinajstić information content (AvgIpc) is 2.31. The normalized spacial score (nSPS) is 24.4. The highest BCUT2D eigenvalue weighted by molar-refractivity contribution is 6.35. The van der Waals surface area contributed by atoms with E-state index in [0.717, 1.165) is 25.9 Å². The monoisotopic (exact) mass is 303 g/mol. The molecule has 1 aromatic carbocycles. The van der Waals surface area contributed by atoms with Crippen LogP contribution < -0.4 is 4.74 Å². The highest BCUT2D eigenvalue weighted by atomic mass is 35.5. The van der Waals surface area contributed by atoms with Gasteiger partial charge in [-0.3, -0.25) is 4.90 Å².